The van der Waals surface area contributed by atoms with Gasteiger partial charge in [0.05, 0.1) is 14.8 Å². The molecule has 2 rings (SSSR count). The SMILES string of the molecule is O=C(CCNCC(O)c1ccccc1)c1ccc(Br)s1. The lowest BCUT2D eigenvalue weighted by Crippen LogP contribution is -2.24. The highest BCUT2D eigenvalue weighted by Gasteiger charge is 2.09. The van der Waals surface area contributed by atoms with E-state index in [1.54, 1.807) is 0 Å². The highest BCUT2D eigenvalue weighted by molar-refractivity contribution is 9.11. The zero-order valence-electron chi connectivity index (χ0n) is 10.9. The van der Waals surface area contributed by atoms with Crippen LogP contribution in [0.2, 0.25) is 0 Å². The van der Waals surface area contributed by atoms with Crippen molar-refractivity contribution in [3.05, 3.63) is 56.7 Å². The second-order valence-electron chi connectivity index (χ2n) is 4.41. The summed E-state index contributed by atoms with van der Waals surface area (Å²) in [5, 5.41) is 13.1. The molecule has 0 aliphatic carbocycles. The van der Waals surface area contributed by atoms with Crippen LogP contribution in [0.4, 0.5) is 0 Å². The molecule has 0 spiro atoms. The topological polar surface area (TPSA) is 49.3 Å². The van der Waals surface area contributed by atoms with Crippen molar-refractivity contribution in [2.75, 3.05) is 13.1 Å². The molecule has 0 fully saturated rings. The van der Waals surface area contributed by atoms with Gasteiger partial charge in [0, 0.05) is 19.5 Å². The van der Waals surface area contributed by atoms with Gasteiger partial charge in [0.2, 0.25) is 0 Å². The second-order valence-corrected chi connectivity index (χ2v) is 6.87. The number of Topliss-reactive ketones (excluding diaryl/α,β-unsaturated/α-hetero) is 1. The quantitative estimate of drug-likeness (QED) is 0.592. The molecule has 3 nitrogen and oxygen atoms in total. The largest absolute Gasteiger partial charge is 0.387 e. The van der Waals surface area contributed by atoms with Crippen LogP contribution in [0.3, 0.4) is 0 Å². The first-order chi connectivity index (χ1) is 9.66. The number of hydrogen-bond donors (Lipinski definition) is 2. The zero-order valence-corrected chi connectivity index (χ0v) is 13.3. The number of benzene rings is 1. The monoisotopic (exact) mass is 353 g/mol. The van der Waals surface area contributed by atoms with Crippen molar-refractivity contribution in [3.8, 4) is 0 Å². The molecule has 1 unspecified atom stereocenters. The van der Waals surface area contributed by atoms with Crippen LogP contribution in [0.25, 0.3) is 0 Å². The van der Waals surface area contributed by atoms with Crippen molar-refractivity contribution in [2.24, 2.45) is 0 Å². The Kier molecular flexibility index (Phi) is 5.91. The van der Waals surface area contributed by atoms with Gasteiger partial charge in [0.25, 0.3) is 0 Å². The van der Waals surface area contributed by atoms with E-state index in [0.29, 0.717) is 19.5 Å². The number of hydrogen-bond acceptors (Lipinski definition) is 4. The minimum Gasteiger partial charge on any atom is -0.387 e. The number of aliphatic hydroxyl groups is 1. The van der Waals surface area contributed by atoms with Gasteiger partial charge in [-0.15, -0.1) is 11.3 Å². The van der Waals surface area contributed by atoms with E-state index in [4.69, 9.17) is 0 Å². The Labute approximate surface area is 130 Å². The van der Waals surface area contributed by atoms with Crippen molar-refractivity contribution in [2.45, 2.75) is 12.5 Å². The Hall–Kier alpha value is -1.01. The molecule has 2 aromatic rings. The predicted molar refractivity (Wildman–Crippen MR) is 85.2 cm³/mol. The average Bonchev–Trinajstić information content (AvgIpc) is 2.91. The molecule has 20 heavy (non-hydrogen) atoms. The first-order valence-corrected chi connectivity index (χ1v) is 8.00. The molecule has 1 heterocycles. The molecule has 0 aliphatic rings. The fraction of sp³-hybridized carbons (Fsp3) is 0.267. The fourth-order valence-corrected chi connectivity index (χ4v) is 3.17. The average molecular weight is 354 g/mol. The standard InChI is InChI=1S/C15H16BrNO2S/c16-15-7-6-14(20-15)12(18)8-9-17-10-13(19)11-4-2-1-3-5-11/h1-7,13,17,19H,8-10H2. The van der Waals surface area contributed by atoms with E-state index in [1.165, 1.54) is 11.3 Å². The van der Waals surface area contributed by atoms with Crippen LogP contribution in [0.1, 0.15) is 27.8 Å². The summed E-state index contributed by atoms with van der Waals surface area (Å²) in [7, 11) is 0. The summed E-state index contributed by atoms with van der Waals surface area (Å²) in [6.45, 7) is 1.02. The van der Waals surface area contributed by atoms with Gasteiger partial charge in [-0.1, -0.05) is 30.3 Å². The lowest BCUT2D eigenvalue weighted by molar-refractivity contribution is 0.0983. The minimum atomic E-state index is -0.540. The molecular formula is C15H16BrNO2S. The summed E-state index contributed by atoms with van der Waals surface area (Å²) < 4.78 is 0.966. The minimum absolute atomic E-state index is 0.127. The van der Waals surface area contributed by atoms with E-state index in [0.717, 1.165) is 14.2 Å². The lowest BCUT2D eigenvalue weighted by Gasteiger charge is -2.11. The maximum absolute atomic E-state index is 11.9. The third kappa shape index (κ3) is 4.52. The van der Waals surface area contributed by atoms with Crippen molar-refractivity contribution in [1.82, 2.24) is 5.32 Å². The van der Waals surface area contributed by atoms with Gasteiger partial charge in [-0.05, 0) is 33.6 Å². The van der Waals surface area contributed by atoms with E-state index in [1.807, 2.05) is 42.5 Å². The summed E-state index contributed by atoms with van der Waals surface area (Å²) in [4.78, 5) is 12.6. The third-order valence-electron chi connectivity index (χ3n) is 2.90. The Bertz CT molecular complexity index is 556. The molecule has 1 atom stereocenters. The summed E-state index contributed by atoms with van der Waals surface area (Å²) in [5.74, 6) is 0.127. The number of aliphatic hydroxyl groups excluding tert-OH is 1. The fourth-order valence-electron chi connectivity index (χ4n) is 1.82. The molecule has 5 heteroatoms. The lowest BCUT2D eigenvalue weighted by atomic mass is 10.1. The Balaban J connectivity index is 1.70. The molecule has 1 aromatic heterocycles. The van der Waals surface area contributed by atoms with E-state index in [9.17, 15) is 9.90 Å². The number of ketones is 1. The van der Waals surface area contributed by atoms with Crippen molar-refractivity contribution in [1.29, 1.82) is 0 Å². The molecule has 1 aromatic carbocycles. The van der Waals surface area contributed by atoms with E-state index >= 15 is 0 Å². The second kappa shape index (κ2) is 7.69. The van der Waals surface area contributed by atoms with Gasteiger partial charge in [0.1, 0.15) is 0 Å². The summed E-state index contributed by atoms with van der Waals surface area (Å²) >= 11 is 4.79. The van der Waals surface area contributed by atoms with Gasteiger partial charge < -0.3 is 10.4 Å². The number of thiophene rings is 1. The third-order valence-corrected chi connectivity index (χ3v) is 4.56. The Morgan fingerprint density at radius 2 is 2.00 bits per heavy atom. The van der Waals surface area contributed by atoms with Gasteiger partial charge in [-0.2, -0.15) is 0 Å². The Morgan fingerprint density at radius 3 is 2.65 bits per heavy atom. The van der Waals surface area contributed by atoms with Crippen LogP contribution in [0.5, 0.6) is 0 Å². The molecule has 106 valence electrons. The zero-order chi connectivity index (χ0) is 14.4. The van der Waals surface area contributed by atoms with Crippen LogP contribution in [-0.4, -0.2) is 24.0 Å². The maximum atomic E-state index is 11.9. The molecule has 2 N–H and O–H groups in total. The van der Waals surface area contributed by atoms with E-state index in [-0.39, 0.29) is 5.78 Å². The number of carbonyl (C=O) groups is 1. The molecule has 0 amide bonds. The van der Waals surface area contributed by atoms with E-state index in [2.05, 4.69) is 21.2 Å². The van der Waals surface area contributed by atoms with Gasteiger partial charge in [0.15, 0.2) is 5.78 Å². The summed E-state index contributed by atoms with van der Waals surface area (Å²) in [6, 6.07) is 13.2. The number of carbonyl (C=O) groups excluding carboxylic acids is 1. The molecular weight excluding hydrogens is 338 g/mol. The first kappa shape index (κ1) is 15.4. The predicted octanol–water partition coefficient (Wildman–Crippen LogP) is 3.41. The van der Waals surface area contributed by atoms with Crippen LogP contribution in [0.15, 0.2) is 46.3 Å². The normalized spacial score (nSPS) is 12.3. The molecule has 0 radical (unpaired) electrons. The van der Waals surface area contributed by atoms with Gasteiger partial charge in [-0.3, -0.25) is 4.79 Å². The molecule has 0 bridgehead atoms. The molecule has 0 saturated heterocycles. The van der Waals surface area contributed by atoms with Crippen LogP contribution in [0, 0.1) is 0 Å². The number of halogens is 1. The number of rotatable bonds is 7. The maximum Gasteiger partial charge on any atom is 0.174 e. The highest BCUT2D eigenvalue weighted by Crippen LogP contribution is 2.23. The molecule has 0 aliphatic heterocycles. The van der Waals surface area contributed by atoms with Crippen LogP contribution < -0.4 is 5.32 Å². The van der Waals surface area contributed by atoms with Crippen LogP contribution in [-0.2, 0) is 0 Å². The van der Waals surface area contributed by atoms with Crippen molar-refractivity contribution >= 4 is 33.0 Å². The van der Waals surface area contributed by atoms with E-state index < -0.39 is 6.10 Å². The van der Waals surface area contributed by atoms with Crippen molar-refractivity contribution < 1.29 is 9.90 Å². The van der Waals surface area contributed by atoms with Crippen LogP contribution >= 0.6 is 27.3 Å². The number of nitrogens with one attached hydrogen (secondary N) is 1. The summed E-state index contributed by atoms with van der Waals surface area (Å²) in [6.07, 6.45) is -0.101. The van der Waals surface area contributed by atoms with Crippen molar-refractivity contribution in [3.63, 3.8) is 0 Å². The smallest absolute Gasteiger partial charge is 0.174 e. The summed E-state index contributed by atoms with van der Waals surface area (Å²) in [5.41, 5.74) is 0.883. The Morgan fingerprint density at radius 1 is 1.25 bits per heavy atom. The van der Waals surface area contributed by atoms with Gasteiger partial charge in [-0.25, -0.2) is 0 Å². The molecule has 0 saturated carbocycles. The highest BCUT2D eigenvalue weighted by atomic mass is 79.9. The first-order valence-electron chi connectivity index (χ1n) is 6.39. The van der Waals surface area contributed by atoms with Gasteiger partial charge >= 0.3 is 0 Å².